The first-order valence-corrected chi connectivity index (χ1v) is 6.94. The molecule has 0 spiro atoms. The lowest BCUT2D eigenvalue weighted by Crippen LogP contribution is -2.24. The fourth-order valence-corrected chi connectivity index (χ4v) is 2.15. The Morgan fingerprint density at radius 2 is 2.00 bits per heavy atom. The molecule has 1 N–H and O–H groups in total. The van der Waals surface area contributed by atoms with Gasteiger partial charge in [-0.25, -0.2) is 0 Å². The van der Waals surface area contributed by atoms with Gasteiger partial charge in [0.05, 0.1) is 23.9 Å². The first-order valence-electron chi connectivity index (χ1n) is 6.94. The summed E-state index contributed by atoms with van der Waals surface area (Å²) in [7, 11) is 0. The third-order valence-corrected chi connectivity index (χ3v) is 3.51. The molecule has 1 aromatic heterocycles. The van der Waals surface area contributed by atoms with E-state index in [0.29, 0.717) is 0 Å². The average Bonchev–Trinajstić information content (AvgIpc) is 2.92. The molecule has 0 aliphatic heterocycles. The van der Waals surface area contributed by atoms with E-state index in [-0.39, 0.29) is 19.0 Å². The van der Waals surface area contributed by atoms with Gasteiger partial charge < -0.3 is 20.0 Å². The molecule has 1 atom stereocenters. The van der Waals surface area contributed by atoms with Crippen molar-refractivity contribution in [2.45, 2.75) is 33.4 Å². The van der Waals surface area contributed by atoms with Gasteiger partial charge in [-0.15, -0.1) is 0 Å². The standard InChI is InChI=1S/C15H19N3O4/c1-10-4-5-11(2)15(12(10)3)22-9-13(19)8-17-7-6-14(16-17)18(20)21/h4-7,13,19H,8-9H2,1-3H3. The Morgan fingerprint density at radius 1 is 1.32 bits per heavy atom. The van der Waals surface area contributed by atoms with E-state index in [4.69, 9.17) is 4.74 Å². The topological polar surface area (TPSA) is 90.4 Å². The average molecular weight is 305 g/mol. The van der Waals surface area contributed by atoms with Crippen molar-refractivity contribution >= 4 is 5.82 Å². The van der Waals surface area contributed by atoms with Crippen LogP contribution >= 0.6 is 0 Å². The van der Waals surface area contributed by atoms with Crippen molar-refractivity contribution in [3.63, 3.8) is 0 Å². The second-order valence-corrected chi connectivity index (χ2v) is 5.27. The number of aliphatic hydroxyl groups excluding tert-OH is 1. The molecule has 1 heterocycles. The third kappa shape index (κ3) is 3.62. The number of benzene rings is 1. The van der Waals surface area contributed by atoms with Crippen LogP contribution < -0.4 is 4.74 Å². The highest BCUT2D eigenvalue weighted by molar-refractivity contribution is 5.44. The molecule has 0 saturated carbocycles. The van der Waals surface area contributed by atoms with Crippen LogP contribution in [-0.4, -0.2) is 32.5 Å². The van der Waals surface area contributed by atoms with Crippen molar-refractivity contribution in [1.82, 2.24) is 9.78 Å². The van der Waals surface area contributed by atoms with Crippen molar-refractivity contribution in [2.24, 2.45) is 0 Å². The largest absolute Gasteiger partial charge is 0.490 e. The zero-order valence-corrected chi connectivity index (χ0v) is 12.8. The smallest absolute Gasteiger partial charge is 0.389 e. The first-order chi connectivity index (χ1) is 10.4. The van der Waals surface area contributed by atoms with Gasteiger partial charge >= 0.3 is 5.82 Å². The minimum absolute atomic E-state index is 0.0960. The van der Waals surface area contributed by atoms with Crippen LogP contribution in [0, 0.1) is 30.9 Å². The van der Waals surface area contributed by atoms with Crippen molar-refractivity contribution in [2.75, 3.05) is 6.61 Å². The summed E-state index contributed by atoms with van der Waals surface area (Å²) in [5.74, 6) is 0.531. The van der Waals surface area contributed by atoms with E-state index < -0.39 is 11.0 Å². The Balaban J connectivity index is 1.97. The zero-order valence-electron chi connectivity index (χ0n) is 12.8. The van der Waals surface area contributed by atoms with Crippen LogP contribution in [0.15, 0.2) is 24.4 Å². The summed E-state index contributed by atoms with van der Waals surface area (Å²) in [5, 5.41) is 24.3. The molecule has 0 radical (unpaired) electrons. The van der Waals surface area contributed by atoms with Crippen LogP contribution in [0.2, 0.25) is 0 Å². The fraction of sp³-hybridized carbons (Fsp3) is 0.400. The molecule has 0 aliphatic carbocycles. The fourth-order valence-electron chi connectivity index (χ4n) is 2.15. The van der Waals surface area contributed by atoms with Crippen LogP contribution in [-0.2, 0) is 6.54 Å². The predicted octanol–water partition coefficient (Wildman–Crippen LogP) is 2.16. The van der Waals surface area contributed by atoms with Gasteiger partial charge in [0, 0.05) is 0 Å². The van der Waals surface area contributed by atoms with Gasteiger partial charge in [-0.1, -0.05) is 12.1 Å². The highest BCUT2D eigenvalue weighted by Crippen LogP contribution is 2.25. The Kier molecular flexibility index (Phi) is 4.77. The van der Waals surface area contributed by atoms with E-state index in [0.717, 1.165) is 22.4 Å². The van der Waals surface area contributed by atoms with E-state index in [1.165, 1.54) is 16.9 Å². The Morgan fingerprint density at radius 3 is 2.64 bits per heavy atom. The Hall–Kier alpha value is -2.41. The Bertz CT molecular complexity index is 681. The van der Waals surface area contributed by atoms with Gasteiger partial charge in [0.25, 0.3) is 0 Å². The van der Waals surface area contributed by atoms with E-state index in [2.05, 4.69) is 5.10 Å². The summed E-state index contributed by atoms with van der Waals surface area (Å²) >= 11 is 0. The number of nitro groups is 1. The molecule has 7 heteroatoms. The van der Waals surface area contributed by atoms with E-state index in [1.54, 1.807) is 0 Å². The van der Waals surface area contributed by atoms with Gasteiger partial charge in [0.2, 0.25) is 0 Å². The van der Waals surface area contributed by atoms with Crippen molar-refractivity contribution in [3.05, 3.63) is 51.2 Å². The molecule has 7 nitrogen and oxygen atoms in total. The maximum atomic E-state index is 10.6. The predicted molar refractivity (Wildman–Crippen MR) is 81.0 cm³/mol. The highest BCUT2D eigenvalue weighted by Gasteiger charge is 2.15. The minimum Gasteiger partial charge on any atom is -0.490 e. The maximum absolute atomic E-state index is 10.6. The molecular formula is C15H19N3O4. The van der Waals surface area contributed by atoms with Gasteiger partial charge in [-0.3, -0.25) is 0 Å². The number of ether oxygens (including phenoxy) is 1. The van der Waals surface area contributed by atoms with Gasteiger partial charge in [-0.2, -0.15) is 4.68 Å². The molecule has 1 aromatic carbocycles. The molecule has 22 heavy (non-hydrogen) atoms. The van der Waals surface area contributed by atoms with Crippen LogP contribution in [0.4, 0.5) is 5.82 Å². The summed E-state index contributed by atoms with van der Waals surface area (Å²) in [6, 6.07) is 5.29. The van der Waals surface area contributed by atoms with E-state index in [1.807, 2.05) is 32.9 Å². The van der Waals surface area contributed by atoms with Crippen molar-refractivity contribution < 1.29 is 14.8 Å². The Labute approximate surface area is 128 Å². The second-order valence-electron chi connectivity index (χ2n) is 5.27. The van der Waals surface area contributed by atoms with Crippen LogP contribution in [0.1, 0.15) is 16.7 Å². The van der Waals surface area contributed by atoms with E-state index >= 15 is 0 Å². The number of hydrogen-bond donors (Lipinski definition) is 1. The summed E-state index contributed by atoms with van der Waals surface area (Å²) in [6.45, 7) is 6.16. The summed E-state index contributed by atoms with van der Waals surface area (Å²) in [5.41, 5.74) is 3.17. The lowest BCUT2D eigenvalue weighted by Gasteiger charge is -2.16. The highest BCUT2D eigenvalue weighted by atomic mass is 16.6. The summed E-state index contributed by atoms with van der Waals surface area (Å²) in [4.78, 5) is 9.99. The normalized spacial score (nSPS) is 12.2. The molecule has 0 amide bonds. The molecule has 0 saturated heterocycles. The third-order valence-electron chi connectivity index (χ3n) is 3.51. The SMILES string of the molecule is Cc1ccc(C)c(OCC(O)Cn2ccc([N+](=O)[O-])n2)c1C. The van der Waals surface area contributed by atoms with Crippen molar-refractivity contribution in [1.29, 1.82) is 0 Å². The van der Waals surface area contributed by atoms with Crippen LogP contribution in [0.25, 0.3) is 0 Å². The van der Waals surface area contributed by atoms with Gasteiger partial charge in [-0.05, 0) is 42.4 Å². The first kappa shape index (κ1) is 16.0. The number of hydrogen-bond acceptors (Lipinski definition) is 5. The quantitative estimate of drug-likeness (QED) is 0.652. The maximum Gasteiger partial charge on any atom is 0.389 e. The zero-order chi connectivity index (χ0) is 16.3. The lowest BCUT2D eigenvalue weighted by molar-refractivity contribution is -0.389. The molecule has 2 rings (SSSR count). The van der Waals surface area contributed by atoms with Crippen molar-refractivity contribution in [3.8, 4) is 5.75 Å². The van der Waals surface area contributed by atoms with Gasteiger partial charge in [0.15, 0.2) is 0 Å². The number of aliphatic hydroxyl groups is 1. The monoisotopic (exact) mass is 305 g/mol. The molecule has 0 fully saturated rings. The number of nitrogens with zero attached hydrogens (tertiary/aromatic N) is 3. The lowest BCUT2D eigenvalue weighted by atomic mass is 10.1. The molecule has 2 aromatic rings. The summed E-state index contributed by atoms with van der Waals surface area (Å²) in [6.07, 6.45) is 0.656. The molecule has 0 aliphatic rings. The number of aromatic nitrogens is 2. The number of aryl methyl sites for hydroxylation is 2. The van der Waals surface area contributed by atoms with Gasteiger partial charge in [0.1, 0.15) is 18.5 Å². The van der Waals surface area contributed by atoms with Crippen LogP contribution in [0.3, 0.4) is 0 Å². The minimum atomic E-state index is -0.807. The molecular weight excluding hydrogens is 286 g/mol. The second kappa shape index (κ2) is 6.57. The molecule has 118 valence electrons. The number of rotatable bonds is 6. The molecule has 1 unspecified atom stereocenters. The van der Waals surface area contributed by atoms with Crippen LogP contribution in [0.5, 0.6) is 5.75 Å². The van der Waals surface area contributed by atoms with E-state index in [9.17, 15) is 15.2 Å². The summed E-state index contributed by atoms with van der Waals surface area (Å²) < 4.78 is 7.05. The molecule has 0 bridgehead atoms.